The second-order valence-corrected chi connectivity index (χ2v) is 2.19. The minimum absolute atomic E-state index is 0.215. The van der Waals surface area contributed by atoms with Crippen molar-refractivity contribution in [1.82, 2.24) is 10.6 Å². The lowest BCUT2D eigenvalue weighted by Gasteiger charge is -2.15. The second-order valence-electron chi connectivity index (χ2n) is 1.67. The van der Waals surface area contributed by atoms with E-state index in [0.717, 1.165) is 0 Å². The first kappa shape index (κ1) is 6.35. The summed E-state index contributed by atoms with van der Waals surface area (Å²) in [6.45, 7) is 0.215. The zero-order valence-corrected chi connectivity index (χ0v) is 5.23. The molecule has 1 rings (SSSR count). The molecule has 0 aromatic heterocycles. The Balaban J connectivity index is 2.54. The topological polar surface area (TPSA) is 58.2 Å². The van der Waals surface area contributed by atoms with Crippen molar-refractivity contribution in [3.05, 3.63) is 0 Å². The third-order valence-corrected chi connectivity index (χ3v) is 1.32. The highest BCUT2D eigenvalue weighted by atomic mass is 35.5. The summed E-state index contributed by atoms with van der Waals surface area (Å²) >= 11 is 5.41. The fraction of sp³-hybridized carbons (Fsp3) is 0.500. The van der Waals surface area contributed by atoms with E-state index >= 15 is 0 Å². The molecule has 50 valence electrons. The fourth-order valence-corrected chi connectivity index (χ4v) is 0.641. The third-order valence-electron chi connectivity index (χ3n) is 0.963. The van der Waals surface area contributed by atoms with Crippen LogP contribution in [0.15, 0.2) is 0 Å². The molecule has 5 heteroatoms. The maximum atomic E-state index is 10.5. The summed E-state index contributed by atoms with van der Waals surface area (Å²) in [5.74, 6) is -0.430. The van der Waals surface area contributed by atoms with E-state index in [4.69, 9.17) is 11.6 Å². The lowest BCUT2D eigenvalue weighted by atomic mass is 10.3. The summed E-state index contributed by atoms with van der Waals surface area (Å²) in [4.78, 5) is 20.8. The zero-order valence-electron chi connectivity index (χ0n) is 4.48. The van der Waals surface area contributed by atoms with E-state index in [1.165, 1.54) is 0 Å². The summed E-state index contributed by atoms with van der Waals surface area (Å²) in [6, 6.07) is -0.475. The van der Waals surface area contributed by atoms with Gasteiger partial charge in [-0.25, -0.2) is 4.79 Å². The third kappa shape index (κ3) is 1.32. The molecule has 0 spiro atoms. The van der Waals surface area contributed by atoms with Gasteiger partial charge in [0.25, 0.3) is 0 Å². The highest BCUT2D eigenvalue weighted by molar-refractivity contribution is 6.32. The van der Waals surface area contributed by atoms with Crippen molar-refractivity contribution in [3.63, 3.8) is 0 Å². The zero-order chi connectivity index (χ0) is 6.85. The van der Waals surface area contributed by atoms with Crippen molar-refractivity contribution in [2.75, 3.05) is 6.54 Å². The molecule has 0 saturated carbocycles. The second kappa shape index (κ2) is 2.23. The normalized spacial score (nSPS) is 27.0. The van der Waals surface area contributed by atoms with Crippen LogP contribution in [0.3, 0.4) is 0 Å². The predicted octanol–water partition coefficient (Wildman–Crippen LogP) is -0.567. The molecular weight excluding hydrogens is 144 g/mol. The van der Waals surface area contributed by atoms with Crippen LogP contribution in [0.4, 0.5) is 4.79 Å². The number of halogens is 1. The van der Waals surface area contributed by atoms with Gasteiger partial charge in [-0.3, -0.25) is 10.1 Å². The van der Waals surface area contributed by atoms with E-state index in [2.05, 4.69) is 5.32 Å². The molecule has 1 atom stereocenters. The van der Waals surface area contributed by atoms with Gasteiger partial charge in [0.1, 0.15) is 5.38 Å². The van der Waals surface area contributed by atoms with Gasteiger partial charge in [-0.2, -0.15) is 0 Å². The average molecular weight is 149 g/mol. The van der Waals surface area contributed by atoms with Crippen molar-refractivity contribution >= 4 is 23.5 Å². The van der Waals surface area contributed by atoms with Gasteiger partial charge in [-0.1, -0.05) is 0 Å². The van der Waals surface area contributed by atoms with Crippen molar-refractivity contribution in [3.8, 4) is 0 Å². The summed E-state index contributed by atoms with van der Waals surface area (Å²) < 4.78 is 0. The van der Waals surface area contributed by atoms with E-state index < -0.39 is 17.3 Å². The number of rotatable bonds is 0. The van der Waals surface area contributed by atoms with Gasteiger partial charge in [-0.05, 0) is 0 Å². The average Bonchev–Trinajstić information content (AvgIpc) is 1.80. The summed E-state index contributed by atoms with van der Waals surface area (Å²) in [7, 11) is 0. The Morgan fingerprint density at radius 1 is 1.56 bits per heavy atom. The predicted molar refractivity (Wildman–Crippen MR) is 31.2 cm³/mol. The number of amides is 3. The number of nitrogens with one attached hydrogen (secondary N) is 2. The maximum absolute atomic E-state index is 10.5. The van der Waals surface area contributed by atoms with E-state index in [9.17, 15) is 9.59 Å². The first-order valence-electron chi connectivity index (χ1n) is 2.43. The number of imide groups is 1. The number of carbonyl (C=O) groups is 2. The van der Waals surface area contributed by atoms with Gasteiger partial charge in [0.05, 0.1) is 0 Å². The Kier molecular flexibility index (Phi) is 1.57. The van der Waals surface area contributed by atoms with Crippen LogP contribution in [-0.2, 0) is 4.79 Å². The molecule has 0 aromatic rings. The van der Waals surface area contributed by atoms with E-state index in [-0.39, 0.29) is 6.54 Å². The van der Waals surface area contributed by atoms with Crippen LogP contribution in [0, 0.1) is 0 Å². The molecule has 1 fully saturated rings. The quantitative estimate of drug-likeness (QED) is 0.452. The van der Waals surface area contributed by atoms with Gasteiger partial charge < -0.3 is 5.32 Å². The van der Waals surface area contributed by atoms with Crippen molar-refractivity contribution < 1.29 is 9.59 Å². The molecule has 1 unspecified atom stereocenters. The molecule has 0 bridgehead atoms. The smallest absolute Gasteiger partial charge is 0.321 e. The molecule has 0 aromatic carbocycles. The molecule has 4 nitrogen and oxygen atoms in total. The van der Waals surface area contributed by atoms with Crippen LogP contribution in [0.1, 0.15) is 0 Å². The van der Waals surface area contributed by atoms with Crippen LogP contribution >= 0.6 is 11.6 Å². The number of urea groups is 1. The lowest BCUT2D eigenvalue weighted by molar-refractivity contribution is -0.120. The summed E-state index contributed by atoms with van der Waals surface area (Å²) in [5, 5.41) is 3.74. The number of hydrogen-bond donors (Lipinski definition) is 2. The van der Waals surface area contributed by atoms with Crippen LogP contribution < -0.4 is 10.6 Å². The Labute approximate surface area is 56.6 Å². The molecule has 2 N–H and O–H groups in total. The lowest BCUT2D eigenvalue weighted by Crippen LogP contribution is -2.52. The largest absolute Gasteiger partial charge is 0.336 e. The Hall–Kier alpha value is -0.770. The van der Waals surface area contributed by atoms with E-state index in [1.54, 1.807) is 0 Å². The van der Waals surface area contributed by atoms with E-state index in [1.807, 2.05) is 5.32 Å². The van der Waals surface area contributed by atoms with Crippen molar-refractivity contribution in [1.29, 1.82) is 0 Å². The first-order valence-corrected chi connectivity index (χ1v) is 2.86. The minimum Gasteiger partial charge on any atom is -0.336 e. The molecule has 3 amide bonds. The first-order chi connectivity index (χ1) is 4.20. The SMILES string of the molecule is O=C1NCC(Cl)C(=O)N1. The number of alkyl halides is 1. The van der Waals surface area contributed by atoms with E-state index in [0.29, 0.717) is 0 Å². The van der Waals surface area contributed by atoms with Crippen molar-refractivity contribution in [2.24, 2.45) is 0 Å². The fourth-order valence-electron chi connectivity index (χ4n) is 0.509. The standard InChI is InChI=1S/C4H5ClN2O2/c5-2-1-6-4(9)7-3(2)8/h2H,1H2,(H2,6,7,8,9). The van der Waals surface area contributed by atoms with Crippen LogP contribution in [0.5, 0.6) is 0 Å². The highest BCUT2D eigenvalue weighted by Crippen LogP contribution is 1.96. The molecule has 0 radical (unpaired) electrons. The van der Waals surface area contributed by atoms with Gasteiger partial charge >= 0.3 is 6.03 Å². The van der Waals surface area contributed by atoms with Gasteiger partial charge in [0.15, 0.2) is 0 Å². The summed E-state index contributed by atoms with van der Waals surface area (Å²) in [5.41, 5.74) is 0. The van der Waals surface area contributed by atoms with Crippen molar-refractivity contribution in [2.45, 2.75) is 5.38 Å². The molecular formula is C4H5ClN2O2. The molecule has 1 aliphatic heterocycles. The minimum atomic E-state index is -0.623. The molecule has 1 saturated heterocycles. The Morgan fingerprint density at radius 2 is 2.22 bits per heavy atom. The number of carbonyl (C=O) groups excluding carboxylic acids is 2. The molecule has 0 aliphatic carbocycles. The highest BCUT2D eigenvalue weighted by Gasteiger charge is 2.22. The monoisotopic (exact) mass is 148 g/mol. The van der Waals surface area contributed by atoms with Gasteiger partial charge in [-0.15, -0.1) is 11.6 Å². The van der Waals surface area contributed by atoms with Gasteiger partial charge in [0.2, 0.25) is 5.91 Å². The molecule has 1 aliphatic rings. The molecule has 1 heterocycles. The summed E-state index contributed by atoms with van der Waals surface area (Å²) in [6.07, 6.45) is 0. The maximum Gasteiger partial charge on any atom is 0.321 e. The number of hydrogen-bond acceptors (Lipinski definition) is 2. The van der Waals surface area contributed by atoms with Crippen LogP contribution in [0.2, 0.25) is 0 Å². The Bertz CT molecular complexity index is 159. The van der Waals surface area contributed by atoms with Gasteiger partial charge in [0, 0.05) is 6.54 Å². The Morgan fingerprint density at radius 3 is 2.67 bits per heavy atom. The van der Waals surface area contributed by atoms with Crippen LogP contribution in [0.25, 0.3) is 0 Å². The van der Waals surface area contributed by atoms with Crippen LogP contribution in [-0.4, -0.2) is 23.9 Å². The molecule has 9 heavy (non-hydrogen) atoms.